The molecule has 1 saturated heterocycles. The first-order chi connectivity index (χ1) is 7.27. The van der Waals surface area contributed by atoms with Crippen molar-refractivity contribution in [1.82, 2.24) is 10.6 Å². The molecule has 2 aliphatic rings. The number of amides is 1. The van der Waals surface area contributed by atoms with Crippen molar-refractivity contribution in [3.63, 3.8) is 0 Å². The molecule has 0 bridgehead atoms. The summed E-state index contributed by atoms with van der Waals surface area (Å²) in [6, 6.07) is 0.441. The van der Waals surface area contributed by atoms with Crippen LogP contribution in [0.15, 0.2) is 0 Å². The first kappa shape index (κ1) is 10.9. The molecule has 2 atom stereocenters. The van der Waals surface area contributed by atoms with Gasteiger partial charge in [-0.15, -0.1) is 0 Å². The highest BCUT2D eigenvalue weighted by Gasteiger charge is 2.27. The topological polar surface area (TPSA) is 41.1 Å². The van der Waals surface area contributed by atoms with Gasteiger partial charge in [0.2, 0.25) is 5.91 Å². The van der Waals surface area contributed by atoms with Crippen molar-refractivity contribution in [2.24, 2.45) is 5.92 Å². The first-order valence-electron chi connectivity index (χ1n) is 6.31. The van der Waals surface area contributed by atoms with Crippen LogP contribution in [0.2, 0.25) is 0 Å². The number of rotatable bonds is 3. The molecule has 1 aliphatic heterocycles. The average molecular weight is 210 g/mol. The molecule has 2 N–H and O–H groups in total. The molecule has 2 fully saturated rings. The van der Waals surface area contributed by atoms with Crippen molar-refractivity contribution in [3.05, 3.63) is 0 Å². The summed E-state index contributed by atoms with van der Waals surface area (Å²) in [4.78, 5) is 11.9. The fraction of sp³-hybridized carbons (Fsp3) is 0.917. The minimum Gasteiger partial charge on any atom is -0.352 e. The molecule has 2 rings (SSSR count). The Morgan fingerprint density at radius 3 is 2.60 bits per heavy atom. The van der Waals surface area contributed by atoms with Crippen molar-refractivity contribution in [3.8, 4) is 0 Å². The highest BCUT2D eigenvalue weighted by Crippen LogP contribution is 2.29. The number of hydrogen-bond donors (Lipinski definition) is 2. The summed E-state index contributed by atoms with van der Waals surface area (Å²) in [7, 11) is 0. The minimum atomic E-state index is 0.0706. The highest BCUT2D eigenvalue weighted by atomic mass is 16.2. The summed E-state index contributed by atoms with van der Waals surface area (Å²) in [6.45, 7) is 3.14. The van der Waals surface area contributed by atoms with E-state index in [0.717, 1.165) is 18.9 Å². The van der Waals surface area contributed by atoms with E-state index < -0.39 is 0 Å². The van der Waals surface area contributed by atoms with E-state index in [0.29, 0.717) is 6.04 Å². The normalized spacial score (nSPS) is 29.3. The van der Waals surface area contributed by atoms with Crippen LogP contribution in [0.5, 0.6) is 0 Å². The Hall–Kier alpha value is -0.570. The van der Waals surface area contributed by atoms with Gasteiger partial charge in [-0.05, 0) is 45.1 Å². The van der Waals surface area contributed by atoms with E-state index in [-0.39, 0.29) is 11.9 Å². The maximum Gasteiger partial charge on any atom is 0.237 e. The molecular weight excluding hydrogens is 188 g/mol. The zero-order valence-electron chi connectivity index (χ0n) is 9.59. The molecular formula is C12H22N2O. The second-order valence-electron chi connectivity index (χ2n) is 4.99. The molecule has 3 heteroatoms. The van der Waals surface area contributed by atoms with Crippen LogP contribution < -0.4 is 10.6 Å². The Morgan fingerprint density at radius 1 is 1.27 bits per heavy atom. The van der Waals surface area contributed by atoms with E-state index in [1.165, 1.54) is 32.1 Å². The zero-order chi connectivity index (χ0) is 10.7. The third kappa shape index (κ3) is 2.71. The Labute approximate surface area is 92.0 Å². The van der Waals surface area contributed by atoms with Gasteiger partial charge in [0.15, 0.2) is 0 Å². The molecule has 86 valence electrons. The summed E-state index contributed by atoms with van der Waals surface area (Å²) in [6.07, 6.45) is 7.32. The molecule has 0 aromatic rings. The van der Waals surface area contributed by atoms with Crippen LogP contribution in [0, 0.1) is 5.92 Å². The van der Waals surface area contributed by atoms with Crippen LogP contribution >= 0.6 is 0 Å². The van der Waals surface area contributed by atoms with E-state index in [4.69, 9.17) is 0 Å². The van der Waals surface area contributed by atoms with Crippen LogP contribution in [-0.4, -0.2) is 24.5 Å². The van der Waals surface area contributed by atoms with Crippen LogP contribution in [0.4, 0.5) is 0 Å². The van der Waals surface area contributed by atoms with Gasteiger partial charge >= 0.3 is 0 Å². The molecule has 0 radical (unpaired) electrons. The molecule has 1 heterocycles. The van der Waals surface area contributed by atoms with Crippen LogP contribution in [-0.2, 0) is 4.79 Å². The molecule has 0 spiro atoms. The van der Waals surface area contributed by atoms with Gasteiger partial charge in [0, 0.05) is 6.04 Å². The lowest BCUT2D eigenvalue weighted by Crippen LogP contribution is -2.51. The summed E-state index contributed by atoms with van der Waals surface area (Å²) in [5, 5.41) is 6.44. The monoisotopic (exact) mass is 210 g/mol. The quantitative estimate of drug-likeness (QED) is 0.740. The second-order valence-corrected chi connectivity index (χ2v) is 4.99. The fourth-order valence-corrected chi connectivity index (χ4v) is 2.46. The predicted octanol–water partition coefficient (Wildman–Crippen LogP) is 1.43. The third-order valence-corrected chi connectivity index (χ3v) is 3.85. The van der Waals surface area contributed by atoms with E-state index in [1.807, 2.05) is 0 Å². The zero-order valence-corrected chi connectivity index (χ0v) is 9.59. The molecule has 1 unspecified atom stereocenters. The summed E-state index contributed by atoms with van der Waals surface area (Å²) in [5.74, 6) is 0.951. The average Bonchev–Trinajstić information content (AvgIpc) is 2.16. The predicted molar refractivity (Wildman–Crippen MR) is 60.6 cm³/mol. The number of hydrogen-bond acceptors (Lipinski definition) is 2. The lowest BCUT2D eigenvalue weighted by atomic mass is 9.80. The lowest BCUT2D eigenvalue weighted by Gasteiger charge is -2.33. The van der Waals surface area contributed by atoms with Gasteiger partial charge < -0.3 is 10.6 Å². The fourth-order valence-electron chi connectivity index (χ4n) is 2.46. The van der Waals surface area contributed by atoms with E-state index >= 15 is 0 Å². The standard InChI is InChI=1S/C12H22N2O/c1-9(10-5-4-6-10)14-12(15)11-7-2-3-8-13-11/h9-11,13H,2-8H2,1H3,(H,14,15)/t9?,11-/m1/s1. The molecule has 0 aromatic heterocycles. The van der Waals surface area contributed by atoms with Gasteiger partial charge in [-0.3, -0.25) is 4.79 Å². The van der Waals surface area contributed by atoms with E-state index in [9.17, 15) is 4.79 Å². The molecule has 0 aromatic carbocycles. The van der Waals surface area contributed by atoms with Crippen molar-refractivity contribution in [2.75, 3.05) is 6.54 Å². The van der Waals surface area contributed by atoms with Crippen molar-refractivity contribution in [2.45, 2.75) is 57.5 Å². The lowest BCUT2D eigenvalue weighted by molar-refractivity contribution is -0.124. The molecule has 1 amide bonds. The number of piperidine rings is 1. The Balaban J connectivity index is 1.74. The number of carbonyl (C=O) groups is 1. The van der Waals surface area contributed by atoms with Gasteiger partial charge in [-0.2, -0.15) is 0 Å². The maximum absolute atomic E-state index is 11.9. The molecule has 1 aliphatic carbocycles. The largest absolute Gasteiger partial charge is 0.352 e. The van der Waals surface area contributed by atoms with E-state index in [2.05, 4.69) is 17.6 Å². The second kappa shape index (κ2) is 4.97. The summed E-state index contributed by atoms with van der Waals surface area (Å²) < 4.78 is 0. The molecule has 1 saturated carbocycles. The number of nitrogens with one attached hydrogen (secondary N) is 2. The molecule has 3 nitrogen and oxygen atoms in total. The van der Waals surface area contributed by atoms with Gasteiger partial charge in [0.1, 0.15) is 0 Å². The Kier molecular flexibility index (Phi) is 3.62. The maximum atomic E-state index is 11.9. The van der Waals surface area contributed by atoms with Crippen LogP contribution in [0.1, 0.15) is 45.4 Å². The minimum absolute atomic E-state index is 0.0706. The van der Waals surface area contributed by atoms with Crippen molar-refractivity contribution < 1.29 is 4.79 Å². The van der Waals surface area contributed by atoms with Crippen LogP contribution in [0.3, 0.4) is 0 Å². The number of carbonyl (C=O) groups excluding carboxylic acids is 1. The summed E-state index contributed by atoms with van der Waals surface area (Å²) >= 11 is 0. The van der Waals surface area contributed by atoms with Gasteiger partial charge in [-0.1, -0.05) is 12.8 Å². The van der Waals surface area contributed by atoms with Gasteiger partial charge in [0.25, 0.3) is 0 Å². The smallest absolute Gasteiger partial charge is 0.237 e. The SMILES string of the molecule is CC(NC(=O)[C@H]1CCCCN1)C1CCC1. The van der Waals surface area contributed by atoms with E-state index in [1.54, 1.807) is 0 Å². The first-order valence-corrected chi connectivity index (χ1v) is 6.31. The van der Waals surface area contributed by atoms with Gasteiger partial charge in [0.05, 0.1) is 6.04 Å². The van der Waals surface area contributed by atoms with Crippen LogP contribution in [0.25, 0.3) is 0 Å². The Morgan fingerprint density at radius 2 is 2.07 bits per heavy atom. The summed E-state index contributed by atoms with van der Waals surface area (Å²) in [5.41, 5.74) is 0. The van der Waals surface area contributed by atoms with Gasteiger partial charge in [-0.25, -0.2) is 0 Å². The Bertz CT molecular complexity index is 220. The highest BCUT2D eigenvalue weighted by molar-refractivity contribution is 5.82. The van der Waals surface area contributed by atoms with Crippen molar-refractivity contribution in [1.29, 1.82) is 0 Å². The molecule has 15 heavy (non-hydrogen) atoms. The van der Waals surface area contributed by atoms with Crippen molar-refractivity contribution >= 4 is 5.91 Å². The third-order valence-electron chi connectivity index (χ3n) is 3.85.